The zero-order valence-corrected chi connectivity index (χ0v) is 21.8. The Labute approximate surface area is 200 Å². The predicted octanol–water partition coefficient (Wildman–Crippen LogP) is 9.40. The van der Waals surface area contributed by atoms with Crippen molar-refractivity contribution in [2.45, 2.75) is 162 Å². The number of unbranched alkanes of at least 4 members (excludes halogenated alkanes) is 18. The molecule has 0 heterocycles. The van der Waals surface area contributed by atoms with Crippen molar-refractivity contribution in [3.63, 3.8) is 0 Å². The molecule has 2 N–H and O–H groups in total. The van der Waals surface area contributed by atoms with Crippen LogP contribution in [0.15, 0.2) is 0 Å². The quantitative estimate of drug-likeness (QED) is 0.150. The molecule has 0 saturated carbocycles. The van der Waals surface area contributed by atoms with E-state index in [9.17, 15) is 9.59 Å². The van der Waals surface area contributed by atoms with Crippen LogP contribution in [0.25, 0.3) is 0 Å². The van der Waals surface area contributed by atoms with E-state index in [1.165, 1.54) is 109 Å². The Hall–Kier alpha value is -1.06. The van der Waals surface area contributed by atoms with Gasteiger partial charge < -0.3 is 10.2 Å². The van der Waals surface area contributed by atoms with Gasteiger partial charge in [-0.25, -0.2) is 0 Å². The van der Waals surface area contributed by atoms with E-state index in [-0.39, 0.29) is 5.92 Å². The molecule has 0 rings (SSSR count). The highest BCUT2D eigenvalue weighted by atomic mass is 16.4. The molecule has 0 aromatic rings. The molecule has 0 aliphatic rings. The second kappa shape index (κ2) is 28.0. The molecule has 0 amide bonds. The highest BCUT2D eigenvalue weighted by molar-refractivity contribution is 5.69. The SMILES string of the molecule is CCC(CC)C(=O)O.CCCCCCCCCCCCCCCCCCCCCC(=O)O. The normalized spacial score (nSPS) is 10.8. The summed E-state index contributed by atoms with van der Waals surface area (Å²) in [6, 6.07) is 0. The van der Waals surface area contributed by atoms with Gasteiger partial charge in [0.15, 0.2) is 0 Å². The summed E-state index contributed by atoms with van der Waals surface area (Å²) in [5.74, 6) is -1.45. The Bertz CT molecular complexity index is 391. The first-order chi connectivity index (χ1) is 15.5. The number of carbonyl (C=O) groups is 2. The molecule has 0 atom stereocenters. The first kappa shape index (κ1) is 33.1. The average molecular weight is 457 g/mol. The van der Waals surface area contributed by atoms with Crippen molar-refractivity contribution in [1.82, 2.24) is 0 Å². The van der Waals surface area contributed by atoms with Gasteiger partial charge in [-0.05, 0) is 19.3 Å². The second-order valence-corrected chi connectivity index (χ2v) is 9.36. The van der Waals surface area contributed by atoms with Crippen LogP contribution in [-0.2, 0) is 9.59 Å². The maximum absolute atomic E-state index is 10.4. The fraction of sp³-hybridized carbons (Fsp3) is 0.929. The molecule has 4 heteroatoms. The Morgan fingerprint density at radius 1 is 0.500 bits per heavy atom. The molecule has 0 fully saturated rings. The van der Waals surface area contributed by atoms with Crippen LogP contribution >= 0.6 is 0 Å². The first-order valence-corrected chi connectivity index (χ1v) is 13.9. The summed E-state index contributed by atoms with van der Waals surface area (Å²) >= 11 is 0. The lowest BCUT2D eigenvalue weighted by Crippen LogP contribution is -2.10. The molecular formula is C28H56O4. The molecule has 0 spiro atoms. The van der Waals surface area contributed by atoms with E-state index in [0.29, 0.717) is 6.42 Å². The number of carboxylic acid groups (broad SMARTS) is 2. The average Bonchev–Trinajstić information content (AvgIpc) is 2.76. The summed E-state index contributed by atoms with van der Waals surface area (Å²) in [7, 11) is 0. The summed E-state index contributed by atoms with van der Waals surface area (Å²) < 4.78 is 0. The van der Waals surface area contributed by atoms with Gasteiger partial charge in [-0.2, -0.15) is 0 Å². The third kappa shape index (κ3) is 28.9. The molecule has 32 heavy (non-hydrogen) atoms. The molecule has 0 bridgehead atoms. The van der Waals surface area contributed by atoms with Gasteiger partial charge in [0, 0.05) is 6.42 Å². The molecule has 0 aromatic heterocycles. The smallest absolute Gasteiger partial charge is 0.306 e. The van der Waals surface area contributed by atoms with Crippen LogP contribution in [0.2, 0.25) is 0 Å². The Morgan fingerprint density at radius 3 is 0.969 bits per heavy atom. The van der Waals surface area contributed by atoms with Crippen molar-refractivity contribution in [2.24, 2.45) is 5.92 Å². The molecule has 192 valence electrons. The number of hydrogen-bond acceptors (Lipinski definition) is 2. The van der Waals surface area contributed by atoms with Gasteiger partial charge in [0.2, 0.25) is 0 Å². The minimum absolute atomic E-state index is 0.130. The minimum Gasteiger partial charge on any atom is -0.481 e. The summed E-state index contributed by atoms with van der Waals surface area (Å²) in [6.45, 7) is 6.07. The lowest BCUT2D eigenvalue weighted by atomic mass is 10.0. The van der Waals surface area contributed by atoms with E-state index in [4.69, 9.17) is 10.2 Å². The van der Waals surface area contributed by atoms with Gasteiger partial charge in [-0.15, -0.1) is 0 Å². The van der Waals surface area contributed by atoms with Crippen molar-refractivity contribution in [3.8, 4) is 0 Å². The summed E-state index contributed by atoms with van der Waals surface area (Å²) in [5, 5.41) is 16.9. The fourth-order valence-electron chi connectivity index (χ4n) is 3.99. The minimum atomic E-state index is -0.671. The van der Waals surface area contributed by atoms with E-state index in [1.807, 2.05) is 13.8 Å². The van der Waals surface area contributed by atoms with E-state index < -0.39 is 11.9 Å². The molecule has 0 aromatic carbocycles. The summed E-state index contributed by atoms with van der Waals surface area (Å²) in [5.41, 5.74) is 0. The van der Waals surface area contributed by atoms with Gasteiger partial charge in [-0.1, -0.05) is 136 Å². The van der Waals surface area contributed by atoms with E-state index >= 15 is 0 Å². The van der Waals surface area contributed by atoms with E-state index in [2.05, 4.69) is 6.92 Å². The standard InChI is InChI=1S/C22H44O2.C6H12O2/c1-2-3-4-5-6-7-8-9-10-11-12-13-14-15-16-17-18-19-20-21-22(23)24;1-3-5(4-2)6(7)8/h2-21H2,1H3,(H,23,24);5H,3-4H2,1-2H3,(H,7,8). The number of hydrogen-bond donors (Lipinski definition) is 2. The van der Waals surface area contributed by atoms with E-state index in [1.54, 1.807) is 0 Å². The Kier molecular flexibility index (Phi) is 28.9. The Morgan fingerprint density at radius 2 is 0.781 bits per heavy atom. The highest BCUT2D eigenvalue weighted by Gasteiger charge is 2.10. The summed E-state index contributed by atoms with van der Waals surface area (Å²) in [6.07, 6.45) is 27.6. The van der Waals surface area contributed by atoms with Gasteiger partial charge in [-0.3, -0.25) is 9.59 Å². The zero-order valence-electron chi connectivity index (χ0n) is 21.8. The van der Waals surface area contributed by atoms with Crippen LogP contribution in [-0.4, -0.2) is 22.2 Å². The van der Waals surface area contributed by atoms with Crippen LogP contribution in [0, 0.1) is 5.92 Å². The van der Waals surface area contributed by atoms with Crippen molar-refractivity contribution >= 4 is 11.9 Å². The molecule has 4 nitrogen and oxygen atoms in total. The molecular weight excluding hydrogens is 400 g/mol. The zero-order chi connectivity index (χ0) is 24.3. The van der Waals surface area contributed by atoms with Gasteiger partial charge in [0.05, 0.1) is 5.92 Å². The Balaban J connectivity index is 0. The first-order valence-electron chi connectivity index (χ1n) is 13.9. The molecule has 0 radical (unpaired) electrons. The maximum Gasteiger partial charge on any atom is 0.306 e. The van der Waals surface area contributed by atoms with Crippen molar-refractivity contribution in [3.05, 3.63) is 0 Å². The largest absolute Gasteiger partial charge is 0.481 e. The number of rotatable bonds is 23. The van der Waals surface area contributed by atoms with Gasteiger partial charge in [0.1, 0.15) is 0 Å². The maximum atomic E-state index is 10.4. The van der Waals surface area contributed by atoms with Crippen LogP contribution in [0.4, 0.5) is 0 Å². The van der Waals surface area contributed by atoms with Crippen LogP contribution in [0.5, 0.6) is 0 Å². The monoisotopic (exact) mass is 456 g/mol. The second-order valence-electron chi connectivity index (χ2n) is 9.36. The van der Waals surface area contributed by atoms with E-state index in [0.717, 1.165) is 25.7 Å². The highest BCUT2D eigenvalue weighted by Crippen LogP contribution is 2.14. The third-order valence-electron chi connectivity index (χ3n) is 6.33. The topological polar surface area (TPSA) is 74.6 Å². The molecule has 0 aliphatic carbocycles. The third-order valence-corrected chi connectivity index (χ3v) is 6.33. The lowest BCUT2D eigenvalue weighted by Gasteiger charge is -2.03. The van der Waals surface area contributed by atoms with Crippen LogP contribution in [0.3, 0.4) is 0 Å². The molecule has 0 saturated heterocycles. The van der Waals surface area contributed by atoms with Crippen LogP contribution in [0.1, 0.15) is 162 Å². The molecule has 0 aliphatic heterocycles. The predicted molar refractivity (Wildman–Crippen MR) is 137 cm³/mol. The van der Waals surface area contributed by atoms with Crippen molar-refractivity contribution in [1.29, 1.82) is 0 Å². The van der Waals surface area contributed by atoms with Crippen molar-refractivity contribution < 1.29 is 19.8 Å². The lowest BCUT2D eigenvalue weighted by molar-refractivity contribution is -0.142. The molecule has 0 unspecified atom stereocenters. The van der Waals surface area contributed by atoms with Crippen LogP contribution < -0.4 is 0 Å². The van der Waals surface area contributed by atoms with Gasteiger partial charge >= 0.3 is 11.9 Å². The number of aliphatic carboxylic acids is 2. The fourth-order valence-corrected chi connectivity index (χ4v) is 3.99. The van der Waals surface area contributed by atoms with Crippen molar-refractivity contribution in [2.75, 3.05) is 0 Å². The van der Waals surface area contributed by atoms with Gasteiger partial charge in [0.25, 0.3) is 0 Å². The number of carboxylic acids is 2. The summed E-state index contributed by atoms with van der Waals surface area (Å²) in [4.78, 5) is 20.5.